The van der Waals surface area contributed by atoms with E-state index in [9.17, 15) is 0 Å². The third-order valence-corrected chi connectivity index (χ3v) is 6.62. The third kappa shape index (κ3) is 6.14. The van der Waals surface area contributed by atoms with Crippen LogP contribution in [0.2, 0.25) is 0 Å². The molecule has 2 aromatic carbocycles. The number of nitrogens with one attached hydrogen (secondary N) is 1. The molecule has 0 radical (unpaired) electrons. The number of nitrogens with two attached hydrogens (primary N) is 1. The molecule has 0 aliphatic heterocycles. The lowest BCUT2D eigenvalue weighted by atomic mass is 10.2. The zero-order chi connectivity index (χ0) is 24.8. The van der Waals surface area contributed by atoms with E-state index in [2.05, 4.69) is 73.1 Å². The lowest BCUT2D eigenvalue weighted by Crippen LogP contribution is -2.23. The van der Waals surface area contributed by atoms with Gasteiger partial charge in [-0.2, -0.15) is 15.0 Å². The Morgan fingerprint density at radius 3 is 2.46 bits per heavy atom. The molecule has 9 nitrogen and oxygen atoms in total. The number of aryl methyl sites for hydroxylation is 1. The number of thioether (sulfide) groups is 1. The Hall–Kier alpha value is -3.50. The molecule has 10 heteroatoms. The van der Waals surface area contributed by atoms with Crippen LogP contribution in [-0.4, -0.2) is 48.7 Å². The number of benzene rings is 2. The Bertz CT molecular complexity index is 1260. The molecule has 0 aliphatic carbocycles. The van der Waals surface area contributed by atoms with E-state index in [0.29, 0.717) is 24.1 Å². The molecule has 0 aliphatic rings. The van der Waals surface area contributed by atoms with Crippen LogP contribution in [0.15, 0.2) is 59.8 Å². The smallest absolute Gasteiger partial charge is 0.232 e. The summed E-state index contributed by atoms with van der Waals surface area (Å²) in [5.74, 6) is 2.61. The van der Waals surface area contributed by atoms with Gasteiger partial charge in [0.2, 0.25) is 11.9 Å². The molecule has 4 rings (SSSR count). The van der Waals surface area contributed by atoms with E-state index in [-0.39, 0.29) is 12.0 Å². The highest BCUT2D eigenvalue weighted by Crippen LogP contribution is 2.28. The Kier molecular flexibility index (Phi) is 7.94. The Labute approximate surface area is 210 Å². The van der Waals surface area contributed by atoms with Crippen LogP contribution < -0.4 is 11.1 Å². The zero-order valence-corrected chi connectivity index (χ0v) is 21.3. The largest absolute Gasteiger partial charge is 0.368 e. The predicted octanol–water partition coefficient (Wildman–Crippen LogP) is 4.45. The average Bonchev–Trinajstić information content (AvgIpc) is 3.22. The van der Waals surface area contributed by atoms with Crippen LogP contribution in [0.5, 0.6) is 0 Å². The first-order valence-corrected chi connectivity index (χ1v) is 12.5. The fraction of sp³-hybridized carbons (Fsp3) is 0.320. The van der Waals surface area contributed by atoms with Gasteiger partial charge in [-0.1, -0.05) is 67.2 Å². The van der Waals surface area contributed by atoms with Gasteiger partial charge in [-0.3, -0.25) is 4.90 Å². The van der Waals surface area contributed by atoms with Crippen LogP contribution in [0.1, 0.15) is 42.2 Å². The normalized spacial score (nSPS) is 12.1. The lowest BCUT2D eigenvalue weighted by Gasteiger charge is -2.23. The highest BCUT2D eigenvalue weighted by molar-refractivity contribution is 7.98. The summed E-state index contributed by atoms with van der Waals surface area (Å²) in [6.07, 6.45) is 0.933. The standard InChI is InChI=1S/C25H31N9S/c1-5-20(33(3)4)22-31-32-25(34(22)15-18-12-7-6-8-13-18)35-16-21-28-23(26)30-24(29-21)27-19-14-10-9-11-17(19)2/h6-14,20H,5,15-16H2,1-4H3,(H3,26,27,28,29,30). The number of nitrogens with zero attached hydrogens (tertiary/aromatic N) is 7. The highest BCUT2D eigenvalue weighted by atomic mass is 32.2. The third-order valence-electron chi connectivity index (χ3n) is 5.66. The summed E-state index contributed by atoms with van der Waals surface area (Å²) in [4.78, 5) is 15.4. The number of aromatic nitrogens is 6. The minimum atomic E-state index is 0.165. The second-order valence-electron chi connectivity index (χ2n) is 8.46. The molecule has 1 unspecified atom stereocenters. The highest BCUT2D eigenvalue weighted by Gasteiger charge is 2.22. The summed E-state index contributed by atoms with van der Waals surface area (Å²) in [6, 6.07) is 18.5. The van der Waals surface area contributed by atoms with Crippen molar-refractivity contribution < 1.29 is 0 Å². The molecule has 182 valence electrons. The molecular weight excluding hydrogens is 458 g/mol. The second-order valence-corrected chi connectivity index (χ2v) is 9.40. The molecule has 0 saturated carbocycles. The van der Waals surface area contributed by atoms with E-state index in [1.54, 1.807) is 11.8 Å². The summed E-state index contributed by atoms with van der Waals surface area (Å²) >= 11 is 1.54. The predicted molar refractivity (Wildman–Crippen MR) is 141 cm³/mol. The fourth-order valence-electron chi connectivity index (χ4n) is 3.87. The lowest BCUT2D eigenvalue weighted by molar-refractivity contribution is 0.272. The van der Waals surface area contributed by atoms with Crippen molar-refractivity contribution in [2.45, 2.75) is 43.8 Å². The van der Waals surface area contributed by atoms with E-state index in [1.165, 1.54) is 5.56 Å². The van der Waals surface area contributed by atoms with Gasteiger partial charge in [-0.15, -0.1) is 10.2 Å². The maximum absolute atomic E-state index is 6.00. The first-order chi connectivity index (χ1) is 16.9. The van der Waals surface area contributed by atoms with Crippen LogP contribution in [-0.2, 0) is 12.3 Å². The Balaban J connectivity index is 1.58. The Morgan fingerprint density at radius 2 is 1.74 bits per heavy atom. The topological polar surface area (TPSA) is 111 Å². The van der Waals surface area contributed by atoms with Crippen molar-refractivity contribution in [3.8, 4) is 0 Å². The van der Waals surface area contributed by atoms with Crippen LogP contribution in [0.4, 0.5) is 17.6 Å². The van der Waals surface area contributed by atoms with Gasteiger partial charge in [0, 0.05) is 5.69 Å². The van der Waals surface area contributed by atoms with Gasteiger partial charge >= 0.3 is 0 Å². The summed E-state index contributed by atoms with van der Waals surface area (Å²) in [6.45, 7) is 4.88. The molecule has 2 aromatic heterocycles. The van der Waals surface area contributed by atoms with Gasteiger partial charge in [-0.05, 0) is 44.6 Å². The van der Waals surface area contributed by atoms with Gasteiger partial charge in [0.15, 0.2) is 11.0 Å². The van der Waals surface area contributed by atoms with E-state index < -0.39 is 0 Å². The SMILES string of the molecule is CCC(c1nnc(SCc2nc(N)nc(Nc3ccccc3C)n2)n1Cc1ccccc1)N(C)C. The first kappa shape index (κ1) is 24.6. The minimum absolute atomic E-state index is 0.165. The number of hydrogen-bond donors (Lipinski definition) is 2. The molecule has 0 fully saturated rings. The van der Waals surface area contributed by atoms with Gasteiger partial charge in [0.05, 0.1) is 18.3 Å². The van der Waals surface area contributed by atoms with Crippen molar-refractivity contribution in [3.05, 3.63) is 77.4 Å². The number of hydrogen-bond acceptors (Lipinski definition) is 9. The van der Waals surface area contributed by atoms with Gasteiger partial charge in [0.1, 0.15) is 5.82 Å². The summed E-state index contributed by atoms with van der Waals surface area (Å²) < 4.78 is 2.19. The first-order valence-electron chi connectivity index (χ1n) is 11.5. The second kappa shape index (κ2) is 11.3. The summed E-state index contributed by atoms with van der Waals surface area (Å²) in [5.41, 5.74) is 9.21. The molecule has 3 N–H and O–H groups in total. The molecule has 0 saturated heterocycles. The molecule has 2 heterocycles. The molecule has 0 spiro atoms. The maximum atomic E-state index is 6.00. The van der Waals surface area contributed by atoms with Gasteiger partial charge in [0.25, 0.3) is 0 Å². The van der Waals surface area contributed by atoms with Crippen molar-refractivity contribution in [3.63, 3.8) is 0 Å². The maximum Gasteiger partial charge on any atom is 0.232 e. The van der Waals surface area contributed by atoms with E-state index >= 15 is 0 Å². The number of rotatable bonds is 10. The van der Waals surface area contributed by atoms with Crippen LogP contribution in [0.25, 0.3) is 0 Å². The number of para-hydroxylation sites is 1. The zero-order valence-electron chi connectivity index (χ0n) is 20.5. The van der Waals surface area contributed by atoms with Gasteiger partial charge < -0.3 is 15.6 Å². The van der Waals surface area contributed by atoms with Crippen molar-refractivity contribution in [1.82, 2.24) is 34.6 Å². The van der Waals surface area contributed by atoms with E-state index in [0.717, 1.165) is 28.7 Å². The summed E-state index contributed by atoms with van der Waals surface area (Å²) in [7, 11) is 4.14. The van der Waals surface area contributed by atoms with E-state index in [1.807, 2.05) is 49.4 Å². The average molecular weight is 490 g/mol. The monoisotopic (exact) mass is 489 g/mol. The van der Waals surface area contributed by atoms with Crippen LogP contribution in [0, 0.1) is 6.92 Å². The molecule has 35 heavy (non-hydrogen) atoms. The molecule has 1 atom stereocenters. The molecule has 0 amide bonds. The minimum Gasteiger partial charge on any atom is -0.368 e. The quantitative estimate of drug-likeness (QED) is 0.312. The molecule has 4 aromatic rings. The van der Waals surface area contributed by atoms with Crippen LogP contribution >= 0.6 is 11.8 Å². The van der Waals surface area contributed by atoms with Gasteiger partial charge in [-0.25, -0.2) is 0 Å². The Morgan fingerprint density at radius 1 is 1.00 bits per heavy atom. The number of anilines is 3. The number of nitrogen functional groups attached to an aromatic ring is 1. The van der Waals surface area contributed by atoms with Crippen molar-refractivity contribution in [2.24, 2.45) is 0 Å². The van der Waals surface area contributed by atoms with Crippen LogP contribution in [0.3, 0.4) is 0 Å². The fourth-order valence-corrected chi connectivity index (χ4v) is 4.67. The van der Waals surface area contributed by atoms with E-state index in [4.69, 9.17) is 5.73 Å². The van der Waals surface area contributed by atoms with Crippen molar-refractivity contribution in [2.75, 3.05) is 25.1 Å². The summed E-state index contributed by atoms with van der Waals surface area (Å²) in [5, 5.41) is 13.2. The van der Waals surface area contributed by atoms with Crippen molar-refractivity contribution in [1.29, 1.82) is 0 Å². The molecule has 0 bridgehead atoms. The molecular formula is C25H31N9S. The van der Waals surface area contributed by atoms with Crippen molar-refractivity contribution >= 4 is 29.3 Å².